The predicted molar refractivity (Wildman–Crippen MR) is 89.4 cm³/mol. The largest absolute Gasteiger partial charge is 0.372 e. The second-order valence-electron chi connectivity index (χ2n) is 6.64. The van der Waals surface area contributed by atoms with E-state index in [-0.39, 0.29) is 6.10 Å². The minimum Gasteiger partial charge on any atom is -0.372 e. The molecule has 6 nitrogen and oxygen atoms in total. The Labute approximate surface area is 137 Å². The summed E-state index contributed by atoms with van der Waals surface area (Å²) in [5, 5.41) is 12.6. The summed E-state index contributed by atoms with van der Waals surface area (Å²) < 4.78 is 9.99. The zero-order valence-corrected chi connectivity index (χ0v) is 14.5. The zero-order chi connectivity index (χ0) is 16.4. The van der Waals surface area contributed by atoms with E-state index in [1.165, 1.54) is 11.3 Å². The van der Waals surface area contributed by atoms with Crippen molar-refractivity contribution in [1.82, 2.24) is 24.9 Å². The molecule has 2 aromatic rings. The fourth-order valence-corrected chi connectivity index (χ4v) is 3.17. The van der Waals surface area contributed by atoms with Gasteiger partial charge in [-0.05, 0) is 40.2 Å². The van der Waals surface area contributed by atoms with Gasteiger partial charge >= 0.3 is 0 Å². The van der Waals surface area contributed by atoms with Crippen molar-refractivity contribution in [2.75, 3.05) is 13.2 Å². The van der Waals surface area contributed by atoms with E-state index < -0.39 is 0 Å². The highest BCUT2D eigenvalue weighted by molar-refractivity contribution is 5.13. The van der Waals surface area contributed by atoms with E-state index >= 15 is 0 Å². The lowest BCUT2D eigenvalue weighted by Gasteiger charge is -2.19. The Morgan fingerprint density at radius 2 is 2.22 bits per heavy atom. The molecule has 6 heteroatoms. The van der Waals surface area contributed by atoms with Gasteiger partial charge in [0.25, 0.3) is 0 Å². The number of hydrogen-bond donors (Lipinski definition) is 1. The molecule has 0 radical (unpaired) electrons. The van der Waals surface area contributed by atoms with Gasteiger partial charge in [-0.15, -0.1) is 0 Å². The minimum atomic E-state index is 0.1000. The van der Waals surface area contributed by atoms with E-state index in [9.17, 15) is 0 Å². The third-order valence-electron chi connectivity index (χ3n) is 4.40. The van der Waals surface area contributed by atoms with Crippen LogP contribution in [-0.2, 0) is 11.3 Å². The van der Waals surface area contributed by atoms with Crippen LogP contribution in [0.15, 0.2) is 18.5 Å². The van der Waals surface area contributed by atoms with Gasteiger partial charge in [0, 0.05) is 42.7 Å². The van der Waals surface area contributed by atoms with Gasteiger partial charge in [0.15, 0.2) is 0 Å². The summed E-state index contributed by atoms with van der Waals surface area (Å²) in [6, 6.07) is 2.83. The fraction of sp³-hybridized carbons (Fsp3) is 0.647. The molecule has 0 aliphatic carbocycles. The summed E-state index contributed by atoms with van der Waals surface area (Å²) in [5.74, 6) is 0. The van der Waals surface area contributed by atoms with Crippen LogP contribution >= 0.6 is 0 Å². The third-order valence-corrected chi connectivity index (χ3v) is 4.40. The molecular formula is C17H27N5O. The van der Waals surface area contributed by atoms with Crippen molar-refractivity contribution in [3.05, 3.63) is 35.4 Å². The Hall–Kier alpha value is -1.66. The molecule has 0 spiro atoms. The predicted octanol–water partition coefficient (Wildman–Crippen LogP) is 2.40. The van der Waals surface area contributed by atoms with Crippen molar-refractivity contribution in [2.24, 2.45) is 0 Å². The van der Waals surface area contributed by atoms with Crippen LogP contribution in [0.3, 0.4) is 0 Å². The molecule has 23 heavy (non-hydrogen) atoms. The first-order valence-corrected chi connectivity index (χ1v) is 8.44. The molecule has 3 rings (SSSR count). The molecule has 2 aromatic heterocycles. The molecule has 126 valence electrons. The van der Waals surface area contributed by atoms with E-state index in [0.29, 0.717) is 12.1 Å². The van der Waals surface area contributed by atoms with E-state index in [1.54, 1.807) is 0 Å². The Morgan fingerprint density at radius 1 is 1.39 bits per heavy atom. The normalized spacial score (nSPS) is 21.4. The first-order valence-electron chi connectivity index (χ1n) is 8.44. The number of rotatable bonds is 6. The summed E-state index contributed by atoms with van der Waals surface area (Å²) in [4.78, 5) is 0. The van der Waals surface area contributed by atoms with Gasteiger partial charge in [0.2, 0.25) is 0 Å². The average Bonchev–Trinajstić information content (AvgIpc) is 3.19. The topological polar surface area (TPSA) is 56.9 Å². The number of aryl methyl sites for hydroxylation is 2. The molecule has 1 N–H and O–H groups in total. The summed E-state index contributed by atoms with van der Waals surface area (Å²) in [5.41, 5.74) is 3.45. The molecule has 0 amide bonds. The standard InChI is InChI=1S/C17H27N5O/c1-12(2)22-11-15(10-19-22)17-16(5-8-23-17)18-6-7-21-14(4)9-13(3)20-21/h9-12,16-18H,5-8H2,1-4H3/t16-,17+/m0/s1. The molecule has 1 fully saturated rings. The van der Waals surface area contributed by atoms with Crippen LogP contribution < -0.4 is 5.32 Å². The van der Waals surface area contributed by atoms with Crippen molar-refractivity contribution in [1.29, 1.82) is 0 Å². The van der Waals surface area contributed by atoms with E-state index in [2.05, 4.69) is 53.2 Å². The van der Waals surface area contributed by atoms with Crippen LogP contribution in [0, 0.1) is 13.8 Å². The third kappa shape index (κ3) is 3.64. The molecule has 3 heterocycles. The Morgan fingerprint density at radius 3 is 2.87 bits per heavy atom. The summed E-state index contributed by atoms with van der Waals surface area (Å²) >= 11 is 0. The fourth-order valence-electron chi connectivity index (χ4n) is 3.17. The van der Waals surface area contributed by atoms with Crippen LogP contribution in [0.25, 0.3) is 0 Å². The second kappa shape index (κ2) is 6.84. The maximum Gasteiger partial charge on any atom is 0.101 e. The lowest BCUT2D eigenvalue weighted by Crippen LogP contribution is -2.34. The van der Waals surface area contributed by atoms with Crippen LogP contribution in [-0.4, -0.2) is 38.8 Å². The molecule has 2 atom stereocenters. The number of hydrogen-bond acceptors (Lipinski definition) is 4. The summed E-state index contributed by atoms with van der Waals surface area (Å²) in [6.07, 6.45) is 5.18. The molecule has 1 aliphatic heterocycles. The molecule has 0 unspecified atom stereocenters. The molecule has 0 saturated carbocycles. The smallest absolute Gasteiger partial charge is 0.101 e. The minimum absolute atomic E-state index is 0.1000. The van der Waals surface area contributed by atoms with E-state index in [1.807, 2.05) is 17.8 Å². The average molecular weight is 317 g/mol. The molecular weight excluding hydrogens is 290 g/mol. The van der Waals surface area contributed by atoms with Crippen molar-refractivity contribution < 1.29 is 4.74 Å². The van der Waals surface area contributed by atoms with Crippen molar-refractivity contribution in [2.45, 2.75) is 58.8 Å². The number of ether oxygens (including phenoxy) is 1. The van der Waals surface area contributed by atoms with Gasteiger partial charge < -0.3 is 10.1 Å². The van der Waals surface area contributed by atoms with Crippen molar-refractivity contribution in [3.63, 3.8) is 0 Å². The monoisotopic (exact) mass is 317 g/mol. The van der Waals surface area contributed by atoms with Crippen LogP contribution in [0.2, 0.25) is 0 Å². The van der Waals surface area contributed by atoms with Crippen LogP contribution in [0.5, 0.6) is 0 Å². The maximum atomic E-state index is 5.94. The van der Waals surface area contributed by atoms with E-state index in [4.69, 9.17) is 4.74 Å². The summed E-state index contributed by atoms with van der Waals surface area (Å²) in [6.45, 7) is 11.0. The Bertz CT molecular complexity index is 645. The lowest BCUT2D eigenvalue weighted by molar-refractivity contribution is 0.0985. The molecule has 0 bridgehead atoms. The Balaban J connectivity index is 1.57. The highest BCUT2D eigenvalue weighted by Crippen LogP contribution is 2.29. The molecule has 1 saturated heterocycles. The van der Waals surface area contributed by atoms with Crippen molar-refractivity contribution >= 4 is 0 Å². The highest BCUT2D eigenvalue weighted by Gasteiger charge is 2.30. The maximum absolute atomic E-state index is 5.94. The zero-order valence-electron chi connectivity index (χ0n) is 14.5. The van der Waals surface area contributed by atoms with Crippen molar-refractivity contribution in [3.8, 4) is 0 Å². The SMILES string of the molecule is Cc1cc(C)n(CCN[C@H]2CCO[C@@H]2c2cnn(C(C)C)c2)n1. The number of nitrogens with zero attached hydrogens (tertiary/aromatic N) is 4. The highest BCUT2D eigenvalue weighted by atomic mass is 16.5. The lowest BCUT2D eigenvalue weighted by atomic mass is 10.1. The van der Waals surface area contributed by atoms with Crippen LogP contribution in [0.4, 0.5) is 0 Å². The van der Waals surface area contributed by atoms with Gasteiger partial charge in [-0.3, -0.25) is 9.36 Å². The first kappa shape index (κ1) is 16.2. The van der Waals surface area contributed by atoms with Gasteiger partial charge in [-0.2, -0.15) is 10.2 Å². The first-order chi connectivity index (χ1) is 11.0. The quantitative estimate of drug-likeness (QED) is 0.889. The van der Waals surface area contributed by atoms with Gasteiger partial charge in [-0.1, -0.05) is 0 Å². The molecule has 1 aliphatic rings. The molecule has 0 aromatic carbocycles. The number of nitrogens with one attached hydrogen (secondary N) is 1. The second-order valence-corrected chi connectivity index (χ2v) is 6.64. The van der Waals surface area contributed by atoms with Crippen LogP contribution in [0.1, 0.15) is 49.4 Å². The van der Waals surface area contributed by atoms with Gasteiger partial charge in [-0.25, -0.2) is 0 Å². The van der Waals surface area contributed by atoms with Gasteiger partial charge in [0.1, 0.15) is 6.10 Å². The Kier molecular flexibility index (Phi) is 4.82. The van der Waals surface area contributed by atoms with E-state index in [0.717, 1.165) is 31.8 Å². The van der Waals surface area contributed by atoms with Gasteiger partial charge in [0.05, 0.1) is 18.4 Å². The number of aromatic nitrogens is 4. The summed E-state index contributed by atoms with van der Waals surface area (Å²) in [7, 11) is 0.